The van der Waals surface area contributed by atoms with Gasteiger partial charge in [0.15, 0.2) is 0 Å². The zero-order chi connectivity index (χ0) is 60.4. The standard InChI is InChI=1S/C56H39N/c1-5-19-39(20-6-1)45-27-16-18-32-54(45)57(43-33-35-47-46-28-13-14-30-50(46)55(51(47)37-43)40-21-7-2-8-22-40)44-34-36-49-48-29-15-17-31-52(48)56(53(49)38-44,41-23-9-3-10-24-41)42-25-11-4-12-26-42/h1-38,55H/i1D,3D,4D,5D,6D,9D,10D,11D,12D,15D,16D,17D,18D,19D,20D,23D,24D,25D,26D,27D,29D,31D,32D,34D,36D,38D. The van der Waals surface area contributed by atoms with Gasteiger partial charge in [-0.3, -0.25) is 0 Å². The Hall–Kier alpha value is -7.22. The minimum Gasteiger partial charge on any atom is -0.310 e. The van der Waals surface area contributed by atoms with Gasteiger partial charge in [-0.05, 0) is 97.0 Å². The summed E-state index contributed by atoms with van der Waals surface area (Å²) < 4.78 is 242. The van der Waals surface area contributed by atoms with E-state index in [1.165, 1.54) is 6.07 Å². The number of para-hydroxylation sites is 1. The Morgan fingerprint density at radius 2 is 1.02 bits per heavy atom. The first-order chi connectivity index (χ1) is 39.1. The molecule has 1 nitrogen and oxygen atoms in total. The zero-order valence-corrected chi connectivity index (χ0v) is 29.5. The lowest BCUT2D eigenvalue weighted by Crippen LogP contribution is -2.28. The summed E-state index contributed by atoms with van der Waals surface area (Å²) in [4.78, 5) is 0.912. The Kier molecular flexibility index (Phi) is 3.82. The topological polar surface area (TPSA) is 3.24 Å². The van der Waals surface area contributed by atoms with Crippen molar-refractivity contribution in [1.29, 1.82) is 0 Å². The van der Waals surface area contributed by atoms with E-state index in [1.807, 2.05) is 48.5 Å². The van der Waals surface area contributed by atoms with Crippen LogP contribution < -0.4 is 4.90 Å². The van der Waals surface area contributed by atoms with Crippen molar-refractivity contribution in [2.75, 3.05) is 4.90 Å². The number of fused-ring (bicyclic) bond motifs is 6. The van der Waals surface area contributed by atoms with Gasteiger partial charge >= 0.3 is 0 Å². The molecule has 57 heavy (non-hydrogen) atoms. The van der Waals surface area contributed by atoms with Crippen LogP contribution in [0.15, 0.2) is 230 Å². The van der Waals surface area contributed by atoms with Crippen molar-refractivity contribution < 1.29 is 35.6 Å². The minimum absolute atomic E-state index is 0.187. The number of benzene rings is 9. The SMILES string of the molecule is [2H]c1c([2H])c([2H])c(-c2c([2H])c([2H])c([2H])c([2H])c2N(c2ccc3c(c2)C(c2ccccc2)c2ccccc2-3)c2c([2H])c([2H])c3c(c2[2H])C(c2c([2H])c([2H])c([2H])c([2H])c2[2H])(c2c([2H])c([2H])c([2H])c([2H])c2[2H])c2c([2H])c([2H])c([2H])c([2H])c2-3)c([2H])c1[2H]. The van der Waals surface area contributed by atoms with Crippen molar-refractivity contribution in [2.24, 2.45) is 0 Å². The van der Waals surface area contributed by atoms with Gasteiger partial charge < -0.3 is 4.90 Å². The first-order valence-corrected chi connectivity index (χ1v) is 17.8. The van der Waals surface area contributed by atoms with Crippen LogP contribution in [0.4, 0.5) is 17.1 Å². The molecule has 9 aromatic rings. The van der Waals surface area contributed by atoms with E-state index in [0.29, 0.717) is 11.1 Å². The number of hydrogen-bond donors (Lipinski definition) is 0. The van der Waals surface area contributed by atoms with Gasteiger partial charge in [0.1, 0.15) is 0 Å². The van der Waals surface area contributed by atoms with Crippen LogP contribution in [0.2, 0.25) is 0 Å². The second-order valence-electron chi connectivity index (χ2n) is 13.2. The Morgan fingerprint density at radius 1 is 0.421 bits per heavy atom. The summed E-state index contributed by atoms with van der Waals surface area (Å²) in [6, 6.07) is -5.69. The molecule has 11 rings (SSSR count). The predicted molar refractivity (Wildman–Crippen MR) is 237 cm³/mol. The predicted octanol–water partition coefficient (Wildman–Crippen LogP) is 14.3. The molecular formula is C56H39N. The first kappa shape index (κ1) is 16.1. The van der Waals surface area contributed by atoms with Crippen LogP contribution in [0.3, 0.4) is 0 Å². The number of nitrogens with zero attached hydrogens (tertiary/aromatic N) is 1. The van der Waals surface area contributed by atoms with Gasteiger partial charge in [-0.25, -0.2) is 0 Å². The molecule has 0 aromatic heterocycles. The molecule has 0 bridgehead atoms. The fourth-order valence-corrected chi connectivity index (χ4v) is 8.12. The van der Waals surface area contributed by atoms with Crippen molar-refractivity contribution in [3.63, 3.8) is 0 Å². The summed E-state index contributed by atoms with van der Waals surface area (Å²) in [7, 11) is 0. The quantitative estimate of drug-likeness (QED) is 0.157. The Balaban J connectivity index is 1.43. The highest BCUT2D eigenvalue weighted by Gasteiger charge is 2.46. The largest absolute Gasteiger partial charge is 0.310 e. The molecule has 1 heteroatoms. The van der Waals surface area contributed by atoms with Crippen LogP contribution in [0.5, 0.6) is 0 Å². The van der Waals surface area contributed by atoms with E-state index in [1.54, 1.807) is 18.2 Å². The third-order valence-corrected chi connectivity index (χ3v) is 10.4. The number of anilines is 3. The second-order valence-corrected chi connectivity index (χ2v) is 13.2. The van der Waals surface area contributed by atoms with Gasteiger partial charge in [-0.2, -0.15) is 0 Å². The van der Waals surface area contributed by atoms with Crippen molar-refractivity contribution >= 4 is 17.1 Å². The lowest BCUT2D eigenvalue weighted by atomic mass is 9.67. The molecule has 0 spiro atoms. The summed E-state index contributed by atoms with van der Waals surface area (Å²) in [5.74, 6) is -0.591. The zero-order valence-electron chi connectivity index (χ0n) is 55.5. The summed E-state index contributed by atoms with van der Waals surface area (Å²) in [6.45, 7) is 0. The Morgan fingerprint density at radius 3 is 1.77 bits per heavy atom. The minimum atomic E-state index is -3.27. The molecule has 0 heterocycles. The maximum atomic E-state index is 10.8. The Bertz CT molecular complexity index is 4270. The van der Waals surface area contributed by atoms with Crippen LogP contribution in [0.1, 0.15) is 80.5 Å². The summed E-state index contributed by atoms with van der Waals surface area (Å²) in [6.07, 6.45) is 0. The van der Waals surface area contributed by atoms with E-state index in [9.17, 15) is 19.2 Å². The molecule has 9 aromatic carbocycles. The van der Waals surface area contributed by atoms with Crippen LogP contribution in [-0.2, 0) is 5.41 Å². The van der Waals surface area contributed by atoms with Crippen molar-refractivity contribution in [2.45, 2.75) is 11.3 Å². The molecule has 0 amide bonds. The van der Waals surface area contributed by atoms with Gasteiger partial charge in [-0.1, -0.05) is 200 Å². The lowest BCUT2D eigenvalue weighted by Gasteiger charge is -2.35. The van der Waals surface area contributed by atoms with Crippen molar-refractivity contribution in [3.8, 4) is 33.4 Å². The lowest BCUT2D eigenvalue weighted by molar-refractivity contribution is 0.768. The van der Waals surface area contributed by atoms with E-state index in [0.717, 1.165) is 21.6 Å². The summed E-state index contributed by atoms with van der Waals surface area (Å²) >= 11 is 0. The smallest absolute Gasteiger partial charge is 0.0714 e. The summed E-state index contributed by atoms with van der Waals surface area (Å²) in [5, 5.41) is 0. The van der Waals surface area contributed by atoms with E-state index < -0.39 is 224 Å². The fourth-order valence-electron chi connectivity index (χ4n) is 8.12. The molecule has 268 valence electrons. The van der Waals surface area contributed by atoms with E-state index in [-0.39, 0.29) is 5.69 Å². The number of hydrogen-bond acceptors (Lipinski definition) is 1. The molecule has 0 radical (unpaired) electrons. The van der Waals surface area contributed by atoms with Crippen LogP contribution in [0, 0.1) is 0 Å². The van der Waals surface area contributed by atoms with Gasteiger partial charge in [0.2, 0.25) is 0 Å². The third kappa shape index (κ3) is 5.16. The number of rotatable bonds is 7. The van der Waals surface area contributed by atoms with Crippen LogP contribution in [0.25, 0.3) is 33.4 Å². The van der Waals surface area contributed by atoms with Crippen LogP contribution >= 0.6 is 0 Å². The highest BCUT2D eigenvalue weighted by atomic mass is 15.1. The molecule has 0 saturated carbocycles. The van der Waals surface area contributed by atoms with E-state index in [2.05, 4.69) is 0 Å². The molecule has 1 unspecified atom stereocenters. The molecule has 2 aliphatic rings. The fraction of sp³-hybridized carbons (Fsp3) is 0.0357. The Labute approximate surface area is 371 Å². The first-order valence-electron chi connectivity index (χ1n) is 30.8. The monoisotopic (exact) mass is 751 g/mol. The maximum Gasteiger partial charge on any atom is 0.0714 e. The molecule has 0 N–H and O–H groups in total. The van der Waals surface area contributed by atoms with Gasteiger partial charge in [0.25, 0.3) is 0 Å². The highest BCUT2D eigenvalue weighted by Crippen LogP contribution is 2.58. The summed E-state index contributed by atoms with van der Waals surface area (Å²) in [5.41, 5.74) is -8.45. The van der Waals surface area contributed by atoms with Crippen LogP contribution in [-0.4, -0.2) is 0 Å². The third-order valence-electron chi connectivity index (χ3n) is 10.4. The average molecular weight is 752 g/mol. The van der Waals surface area contributed by atoms with E-state index in [4.69, 9.17) is 16.4 Å². The average Bonchev–Trinajstić information content (AvgIpc) is 1.56. The van der Waals surface area contributed by atoms with Crippen molar-refractivity contribution in [1.82, 2.24) is 0 Å². The van der Waals surface area contributed by atoms with Gasteiger partial charge in [0, 0.05) is 22.9 Å². The molecule has 0 saturated heterocycles. The normalized spacial score (nSPS) is 20.7. The van der Waals surface area contributed by atoms with Gasteiger partial charge in [-0.15, -0.1) is 0 Å². The molecule has 0 fully saturated rings. The molecule has 1 atom stereocenters. The van der Waals surface area contributed by atoms with Crippen molar-refractivity contribution in [3.05, 3.63) is 269 Å². The highest BCUT2D eigenvalue weighted by molar-refractivity contribution is 5.93. The van der Waals surface area contributed by atoms with Gasteiger partial charge in [0.05, 0.1) is 46.7 Å². The second kappa shape index (κ2) is 13.5. The molecule has 0 aliphatic heterocycles. The molecule has 2 aliphatic carbocycles. The maximum absolute atomic E-state index is 10.8. The molecular weight excluding hydrogens is 687 g/mol. The van der Waals surface area contributed by atoms with E-state index >= 15 is 0 Å².